The normalized spacial score (nSPS) is 18.3. The number of amides is 1. The fraction of sp³-hybridized carbons (Fsp3) is 0.529. The lowest BCUT2D eigenvalue weighted by atomic mass is 10.1. The van der Waals surface area contributed by atoms with Gasteiger partial charge in [-0.3, -0.25) is 4.79 Å². The molecule has 1 unspecified atom stereocenters. The van der Waals surface area contributed by atoms with Crippen LogP contribution in [0.15, 0.2) is 24.3 Å². The SMILES string of the molecule is CCCS(=O)(=O)N1CCCC1C(=O)N(C)Cc1ccc(C#N)cc1. The number of hydrogen-bond donors (Lipinski definition) is 0. The van der Waals surface area contributed by atoms with Crippen LogP contribution in [0.25, 0.3) is 0 Å². The molecule has 0 bridgehead atoms. The summed E-state index contributed by atoms with van der Waals surface area (Å²) in [6.07, 6.45) is 1.82. The van der Waals surface area contributed by atoms with Crippen molar-refractivity contribution in [1.29, 1.82) is 5.26 Å². The van der Waals surface area contributed by atoms with Crippen molar-refractivity contribution in [1.82, 2.24) is 9.21 Å². The number of likely N-dealkylation sites (N-methyl/N-ethyl adjacent to an activating group) is 1. The first kappa shape index (κ1) is 18.4. The molecule has 1 fully saturated rings. The molecule has 1 aliphatic rings. The maximum Gasteiger partial charge on any atom is 0.241 e. The smallest absolute Gasteiger partial charge is 0.241 e. The second kappa shape index (κ2) is 7.77. The molecule has 1 atom stereocenters. The Hall–Kier alpha value is -1.91. The van der Waals surface area contributed by atoms with Crippen LogP contribution >= 0.6 is 0 Å². The van der Waals surface area contributed by atoms with Gasteiger partial charge in [-0.25, -0.2) is 8.42 Å². The maximum atomic E-state index is 12.7. The van der Waals surface area contributed by atoms with Crippen LogP contribution in [0.3, 0.4) is 0 Å². The van der Waals surface area contributed by atoms with Gasteiger partial charge in [0.25, 0.3) is 0 Å². The minimum Gasteiger partial charge on any atom is -0.340 e. The van der Waals surface area contributed by atoms with Crippen LogP contribution in [0, 0.1) is 11.3 Å². The molecule has 0 N–H and O–H groups in total. The third kappa shape index (κ3) is 4.13. The van der Waals surface area contributed by atoms with E-state index in [1.54, 1.807) is 24.1 Å². The molecule has 1 aromatic carbocycles. The number of carbonyl (C=O) groups excluding carboxylic acids is 1. The fourth-order valence-electron chi connectivity index (χ4n) is 2.99. The van der Waals surface area contributed by atoms with Crippen molar-refractivity contribution in [3.63, 3.8) is 0 Å². The minimum absolute atomic E-state index is 0.0795. The summed E-state index contributed by atoms with van der Waals surface area (Å²) in [5.74, 6) is -0.0904. The third-order valence-electron chi connectivity index (χ3n) is 4.19. The van der Waals surface area contributed by atoms with E-state index in [9.17, 15) is 13.2 Å². The number of hydrogen-bond acceptors (Lipinski definition) is 4. The van der Waals surface area contributed by atoms with Gasteiger partial charge in [0, 0.05) is 20.1 Å². The Labute approximate surface area is 143 Å². The zero-order chi connectivity index (χ0) is 17.7. The van der Waals surface area contributed by atoms with Crippen LogP contribution in [-0.2, 0) is 21.4 Å². The number of sulfonamides is 1. The Morgan fingerprint density at radius 1 is 1.38 bits per heavy atom. The number of nitriles is 1. The Morgan fingerprint density at radius 3 is 2.62 bits per heavy atom. The average molecular weight is 349 g/mol. The van der Waals surface area contributed by atoms with Crippen molar-refractivity contribution in [2.45, 2.75) is 38.8 Å². The molecule has 24 heavy (non-hydrogen) atoms. The lowest BCUT2D eigenvalue weighted by Gasteiger charge is -2.27. The van der Waals surface area contributed by atoms with Gasteiger partial charge in [-0.15, -0.1) is 0 Å². The molecule has 0 spiro atoms. The van der Waals surface area contributed by atoms with Crippen molar-refractivity contribution in [3.8, 4) is 6.07 Å². The van der Waals surface area contributed by atoms with Gasteiger partial charge < -0.3 is 4.90 Å². The first-order chi connectivity index (χ1) is 11.4. The highest BCUT2D eigenvalue weighted by molar-refractivity contribution is 7.89. The van der Waals surface area contributed by atoms with E-state index in [0.29, 0.717) is 37.9 Å². The Balaban J connectivity index is 2.07. The zero-order valence-electron chi connectivity index (χ0n) is 14.1. The van der Waals surface area contributed by atoms with Gasteiger partial charge in [-0.2, -0.15) is 9.57 Å². The van der Waals surface area contributed by atoms with E-state index in [1.807, 2.05) is 19.1 Å². The summed E-state index contributed by atoms with van der Waals surface area (Å²) >= 11 is 0. The Morgan fingerprint density at radius 2 is 2.04 bits per heavy atom. The molecule has 0 aliphatic carbocycles. The van der Waals surface area contributed by atoms with Gasteiger partial charge in [0.1, 0.15) is 6.04 Å². The van der Waals surface area contributed by atoms with E-state index in [-0.39, 0.29) is 11.7 Å². The summed E-state index contributed by atoms with van der Waals surface area (Å²) in [4.78, 5) is 14.3. The predicted molar refractivity (Wildman–Crippen MR) is 91.4 cm³/mol. The molecule has 0 aromatic heterocycles. The van der Waals surface area contributed by atoms with Crippen LogP contribution in [0.2, 0.25) is 0 Å². The van der Waals surface area contributed by atoms with E-state index in [1.165, 1.54) is 4.31 Å². The molecule has 1 saturated heterocycles. The monoisotopic (exact) mass is 349 g/mol. The predicted octanol–water partition coefficient (Wildman–Crippen LogP) is 1.72. The molecule has 1 aliphatic heterocycles. The van der Waals surface area contributed by atoms with Gasteiger partial charge in [-0.1, -0.05) is 19.1 Å². The van der Waals surface area contributed by atoms with E-state index in [4.69, 9.17) is 5.26 Å². The highest BCUT2D eigenvalue weighted by Crippen LogP contribution is 2.24. The molecule has 2 rings (SSSR count). The van der Waals surface area contributed by atoms with E-state index < -0.39 is 16.1 Å². The lowest BCUT2D eigenvalue weighted by molar-refractivity contribution is -0.133. The molecule has 0 radical (unpaired) electrons. The van der Waals surface area contributed by atoms with Crippen molar-refractivity contribution in [2.24, 2.45) is 0 Å². The van der Waals surface area contributed by atoms with Gasteiger partial charge in [0.15, 0.2) is 0 Å². The summed E-state index contributed by atoms with van der Waals surface area (Å²) in [7, 11) is -1.69. The van der Waals surface area contributed by atoms with Crippen molar-refractivity contribution < 1.29 is 13.2 Å². The Kier molecular flexibility index (Phi) is 5.97. The summed E-state index contributed by atoms with van der Waals surface area (Å²) < 4.78 is 26.0. The molecule has 1 aromatic rings. The highest BCUT2D eigenvalue weighted by Gasteiger charge is 2.39. The van der Waals surface area contributed by atoms with Gasteiger partial charge >= 0.3 is 0 Å². The maximum absolute atomic E-state index is 12.7. The van der Waals surface area contributed by atoms with Crippen LogP contribution in [-0.4, -0.2) is 48.9 Å². The first-order valence-corrected chi connectivity index (χ1v) is 9.73. The quantitative estimate of drug-likeness (QED) is 0.783. The second-order valence-electron chi connectivity index (χ2n) is 6.09. The van der Waals surface area contributed by atoms with Gasteiger partial charge in [0.2, 0.25) is 15.9 Å². The van der Waals surface area contributed by atoms with Gasteiger partial charge in [0.05, 0.1) is 17.4 Å². The molecule has 7 heteroatoms. The van der Waals surface area contributed by atoms with Crippen molar-refractivity contribution >= 4 is 15.9 Å². The molecule has 1 heterocycles. The standard InChI is InChI=1S/C17H23N3O3S/c1-3-11-24(22,23)20-10-4-5-16(20)17(21)19(2)13-15-8-6-14(12-18)7-9-15/h6-9,16H,3-5,10-11,13H2,1-2H3. The summed E-state index contributed by atoms with van der Waals surface area (Å²) in [6.45, 7) is 2.63. The van der Waals surface area contributed by atoms with Crippen molar-refractivity contribution in [3.05, 3.63) is 35.4 Å². The highest BCUT2D eigenvalue weighted by atomic mass is 32.2. The molecular weight excluding hydrogens is 326 g/mol. The average Bonchev–Trinajstić information content (AvgIpc) is 3.05. The number of rotatable bonds is 6. The molecular formula is C17H23N3O3S. The molecule has 0 saturated carbocycles. The fourth-order valence-corrected chi connectivity index (χ4v) is 4.73. The molecule has 6 nitrogen and oxygen atoms in total. The Bertz CT molecular complexity index is 722. The first-order valence-electron chi connectivity index (χ1n) is 8.12. The van der Waals surface area contributed by atoms with Crippen LogP contribution in [0.4, 0.5) is 0 Å². The number of nitrogens with zero attached hydrogens (tertiary/aromatic N) is 3. The topological polar surface area (TPSA) is 81.5 Å². The van der Waals surface area contributed by atoms with Crippen LogP contribution in [0.1, 0.15) is 37.3 Å². The minimum atomic E-state index is -3.37. The zero-order valence-corrected chi connectivity index (χ0v) is 14.9. The van der Waals surface area contributed by atoms with Crippen LogP contribution in [0.5, 0.6) is 0 Å². The lowest BCUT2D eigenvalue weighted by Crippen LogP contribution is -2.46. The summed E-state index contributed by atoms with van der Waals surface area (Å²) in [5.41, 5.74) is 1.48. The molecule has 130 valence electrons. The van der Waals surface area contributed by atoms with E-state index in [2.05, 4.69) is 6.07 Å². The third-order valence-corrected chi connectivity index (χ3v) is 6.26. The largest absolute Gasteiger partial charge is 0.340 e. The summed E-state index contributed by atoms with van der Waals surface area (Å²) in [6, 6.07) is 8.50. The van der Waals surface area contributed by atoms with E-state index in [0.717, 1.165) is 5.56 Å². The van der Waals surface area contributed by atoms with Crippen molar-refractivity contribution in [2.75, 3.05) is 19.3 Å². The van der Waals surface area contributed by atoms with Crippen LogP contribution < -0.4 is 0 Å². The molecule has 1 amide bonds. The summed E-state index contributed by atoms with van der Waals surface area (Å²) in [5, 5.41) is 8.81. The van der Waals surface area contributed by atoms with Gasteiger partial charge in [-0.05, 0) is 37.0 Å². The number of benzene rings is 1. The second-order valence-corrected chi connectivity index (χ2v) is 8.13. The van der Waals surface area contributed by atoms with E-state index >= 15 is 0 Å². The number of carbonyl (C=O) groups is 1.